The standard InChI is InChI=1S/C19H19F2NO5/c1-3-11(23)9-27-18-15(21)14(20)7-12-16(18)22(10-5-6-10)8-13(17(12)24)19(25)26-4-2/h7-8,10H,3-6,9H2,1-2H3. The van der Waals surface area contributed by atoms with Crippen LogP contribution in [0, 0.1) is 11.6 Å². The van der Waals surface area contributed by atoms with E-state index in [0.29, 0.717) is 0 Å². The van der Waals surface area contributed by atoms with Gasteiger partial charge >= 0.3 is 5.97 Å². The van der Waals surface area contributed by atoms with Gasteiger partial charge in [-0.2, -0.15) is 4.39 Å². The van der Waals surface area contributed by atoms with Crippen molar-refractivity contribution >= 4 is 22.7 Å². The molecule has 1 aromatic heterocycles. The highest BCUT2D eigenvalue weighted by molar-refractivity contribution is 5.95. The molecule has 0 atom stereocenters. The van der Waals surface area contributed by atoms with Crippen molar-refractivity contribution in [1.29, 1.82) is 0 Å². The number of rotatable bonds is 7. The molecule has 144 valence electrons. The van der Waals surface area contributed by atoms with Crippen LogP contribution in [0.2, 0.25) is 0 Å². The van der Waals surface area contributed by atoms with Crippen LogP contribution < -0.4 is 10.2 Å². The fraction of sp³-hybridized carbons (Fsp3) is 0.421. The van der Waals surface area contributed by atoms with E-state index in [0.717, 1.165) is 18.9 Å². The van der Waals surface area contributed by atoms with Crippen molar-refractivity contribution in [2.75, 3.05) is 13.2 Å². The lowest BCUT2D eigenvalue weighted by molar-refractivity contribution is -0.120. The van der Waals surface area contributed by atoms with Crippen LogP contribution in [0.15, 0.2) is 17.1 Å². The van der Waals surface area contributed by atoms with E-state index in [1.165, 1.54) is 10.8 Å². The largest absolute Gasteiger partial charge is 0.480 e. The first-order chi connectivity index (χ1) is 12.9. The average molecular weight is 379 g/mol. The molecule has 3 rings (SSSR count). The minimum absolute atomic E-state index is 0.0401. The van der Waals surface area contributed by atoms with Crippen LogP contribution in [0.25, 0.3) is 10.9 Å². The maximum Gasteiger partial charge on any atom is 0.343 e. The first-order valence-corrected chi connectivity index (χ1v) is 8.77. The second-order valence-corrected chi connectivity index (χ2v) is 6.31. The van der Waals surface area contributed by atoms with E-state index in [-0.39, 0.29) is 41.3 Å². The molecule has 0 amide bonds. The molecule has 0 radical (unpaired) electrons. The third kappa shape index (κ3) is 3.56. The normalized spacial score (nSPS) is 13.6. The topological polar surface area (TPSA) is 74.6 Å². The minimum Gasteiger partial charge on any atom is -0.480 e. The average Bonchev–Trinajstić information content (AvgIpc) is 3.48. The Labute approximate surface area is 153 Å². The number of aromatic nitrogens is 1. The first kappa shape index (κ1) is 19.0. The number of fused-ring (bicyclic) bond motifs is 1. The number of benzene rings is 1. The van der Waals surface area contributed by atoms with Crippen molar-refractivity contribution in [1.82, 2.24) is 4.57 Å². The summed E-state index contributed by atoms with van der Waals surface area (Å²) in [7, 11) is 0. The Balaban J connectivity index is 2.27. The Bertz CT molecular complexity index is 978. The number of hydrogen-bond acceptors (Lipinski definition) is 5. The van der Waals surface area contributed by atoms with Gasteiger partial charge < -0.3 is 14.0 Å². The maximum absolute atomic E-state index is 14.4. The molecule has 0 spiro atoms. The number of Topliss-reactive ketones (excluding diaryl/α,β-unsaturated/α-hetero) is 1. The lowest BCUT2D eigenvalue weighted by atomic mass is 10.1. The van der Waals surface area contributed by atoms with Crippen molar-refractivity contribution in [3.05, 3.63) is 39.7 Å². The van der Waals surface area contributed by atoms with Gasteiger partial charge in [0.1, 0.15) is 12.2 Å². The van der Waals surface area contributed by atoms with Crippen LogP contribution in [-0.4, -0.2) is 29.5 Å². The zero-order valence-electron chi connectivity index (χ0n) is 15.0. The van der Waals surface area contributed by atoms with Crippen LogP contribution in [0.3, 0.4) is 0 Å². The third-order valence-electron chi connectivity index (χ3n) is 4.37. The highest BCUT2D eigenvalue weighted by Gasteiger charge is 2.30. The first-order valence-electron chi connectivity index (χ1n) is 8.77. The number of carbonyl (C=O) groups is 2. The smallest absolute Gasteiger partial charge is 0.343 e. The molecule has 0 N–H and O–H groups in total. The molecule has 27 heavy (non-hydrogen) atoms. The molecule has 1 fully saturated rings. The highest BCUT2D eigenvalue weighted by Crippen LogP contribution is 2.40. The number of hydrogen-bond donors (Lipinski definition) is 0. The summed E-state index contributed by atoms with van der Waals surface area (Å²) in [5.74, 6) is -4.18. The Morgan fingerprint density at radius 3 is 2.56 bits per heavy atom. The number of ether oxygens (including phenoxy) is 2. The molecule has 0 unspecified atom stereocenters. The van der Waals surface area contributed by atoms with Gasteiger partial charge in [0.2, 0.25) is 11.2 Å². The van der Waals surface area contributed by atoms with Crippen molar-refractivity contribution in [2.45, 2.75) is 39.2 Å². The van der Waals surface area contributed by atoms with Gasteiger partial charge in [0.25, 0.3) is 0 Å². The number of nitrogens with zero attached hydrogens (tertiary/aromatic N) is 1. The number of ketones is 1. The predicted molar refractivity (Wildman–Crippen MR) is 93.1 cm³/mol. The van der Waals surface area contributed by atoms with E-state index in [1.807, 2.05) is 0 Å². The fourth-order valence-corrected chi connectivity index (χ4v) is 2.81. The number of pyridine rings is 1. The maximum atomic E-state index is 14.4. The van der Waals surface area contributed by atoms with E-state index >= 15 is 0 Å². The second-order valence-electron chi connectivity index (χ2n) is 6.31. The van der Waals surface area contributed by atoms with Crippen molar-refractivity contribution in [2.24, 2.45) is 0 Å². The molecule has 1 heterocycles. The van der Waals surface area contributed by atoms with Gasteiger partial charge in [0.05, 0.1) is 17.5 Å². The Morgan fingerprint density at radius 2 is 1.96 bits per heavy atom. The highest BCUT2D eigenvalue weighted by atomic mass is 19.2. The predicted octanol–water partition coefficient (Wildman–Crippen LogP) is 3.15. The molecule has 1 aliphatic carbocycles. The van der Waals surface area contributed by atoms with Crippen LogP contribution in [-0.2, 0) is 9.53 Å². The van der Waals surface area contributed by atoms with E-state index in [9.17, 15) is 23.2 Å². The Morgan fingerprint density at radius 1 is 1.26 bits per heavy atom. The lowest BCUT2D eigenvalue weighted by Gasteiger charge is -2.17. The summed E-state index contributed by atoms with van der Waals surface area (Å²) in [6.45, 7) is 2.86. The summed E-state index contributed by atoms with van der Waals surface area (Å²) in [5, 5.41) is -0.190. The molecule has 8 heteroatoms. The molecule has 6 nitrogen and oxygen atoms in total. The summed E-state index contributed by atoms with van der Waals surface area (Å²) in [6.07, 6.45) is 2.99. The summed E-state index contributed by atoms with van der Waals surface area (Å²) in [5.41, 5.74) is -0.984. The Hall–Kier alpha value is -2.77. The van der Waals surface area contributed by atoms with Gasteiger partial charge in [-0.1, -0.05) is 6.92 Å². The van der Waals surface area contributed by atoms with E-state index in [2.05, 4.69) is 0 Å². The van der Waals surface area contributed by atoms with Crippen molar-refractivity contribution < 1.29 is 27.8 Å². The van der Waals surface area contributed by atoms with Crippen LogP contribution in [0.1, 0.15) is 49.5 Å². The molecular weight excluding hydrogens is 360 g/mol. The van der Waals surface area contributed by atoms with Gasteiger partial charge in [0, 0.05) is 18.7 Å². The molecule has 1 aromatic carbocycles. The van der Waals surface area contributed by atoms with Crippen molar-refractivity contribution in [3.63, 3.8) is 0 Å². The van der Waals surface area contributed by atoms with Gasteiger partial charge in [-0.05, 0) is 25.8 Å². The van der Waals surface area contributed by atoms with Gasteiger partial charge in [-0.25, -0.2) is 9.18 Å². The van der Waals surface area contributed by atoms with E-state index in [4.69, 9.17) is 9.47 Å². The van der Waals surface area contributed by atoms with Crippen LogP contribution in [0.5, 0.6) is 5.75 Å². The fourth-order valence-electron chi connectivity index (χ4n) is 2.81. The number of halogens is 2. The second kappa shape index (κ2) is 7.46. The molecule has 0 saturated heterocycles. The van der Waals surface area contributed by atoms with E-state index < -0.39 is 35.4 Å². The van der Waals surface area contributed by atoms with Gasteiger partial charge in [0.15, 0.2) is 17.3 Å². The summed E-state index contributed by atoms with van der Waals surface area (Å²) in [6, 6.07) is 0.679. The van der Waals surface area contributed by atoms with E-state index in [1.54, 1.807) is 13.8 Å². The quantitative estimate of drug-likeness (QED) is 0.691. The SMILES string of the molecule is CCOC(=O)c1cn(C2CC2)c2c(OCC(=O)CC)c(F)c(F)cc2c1=O. The molecule has 1 saturated carbocycles. The lowest BCUT2D eigenvalue weighted by Crippen LogP contribution is -2.22. The number of esters is 1. The molecular formula is C19H19F2NO5. The molecule has 0 bridgehead atoms. The Kier molecular flexibility index (Phi) is 5.25. The van der Waals surface area contributed by atoms with Crippen LogP contribution >= 0.6 is 0 Å². The van der Waals surface area contributed by atoms with Gasteiger partial charge in [-0.3, -0.25) is 9.59 Å². The summed E-state index contributed by atoms with van der Waals surface area (Å²) in [4.78, 5) is 36.4. The third-order valence-corrected chi connectivity index (χ3v) is 4.37. The van der Waals surface area contributed by atoms with Crippen LogP contribution in [0.4, 0.5) is 8.78 Å². The monoisotopic (exact) mass is 379 g/mol. The zero-order chi connectivity index (χ0) is 19.7. The number of carbonyl (C=O) groups excluding carboxylic acids is 2. The minimum atomic E-state index is -1.29. The summed E-state index contributed by atoms with van der Waals surface area (Å²) < 4.78 is 40.3. The molecule has 2 aromatic rings. The molecule has 0 aliphatic heterocycles. The van der Waals surface area contributed by atoms with Gasteiger partial charge in [-0.15, -0.1) is 0 Å². The molecule has 1 aliphatic rings. The summed E-state index contributed by atoms with van der Waals surface area (Å²) >= 11 is 0. The van der Waals surface area contributed by atoms with Crippen molar-refractivity contribution in [3.8, 4) is 5.75 Å². The zero-order valence-corrected chi connectivity index (χ0v) is 15.0.